The Morgan fingerprint density at radius 3 is 2.73 bits per heavy atom. The highest BCUT2D eigenvalue weighted by Crippen LogP contribution is 2.29. The van der Waals surface area contributed by atoms with Crippen molar-refractivity contribution in [1.29, 1.82) is 0 Å². The predicted molar refractivity (Wildman–Crippen MR) is 57.6 cm³/mol. The Balaban J connectivity index is 1.71. The van der Waals surface area contributed by atoms with Crippen LogP contribution in [0.25, 0.3) is 0 Å². The van der Waals surface area contributed by atoms with Gasteiger partial charge in [-0.05, 0) is 25.7 Å². The van der Waals surface area contributed by atoms with Gasteiger partial charge in [0.15, 0.2) is 0 Å². The number of piperazine rings is 1. The molecule has 0 aromatic carbocycles. The van der Waals surface area contributed by atoms with E-state index in [1.165, 1.54) is 12.8 Å². The van der Waals surface area contributed by atoms with Crippen molar-refractivity contribution in [3.05, 3.63) is 0 Å². The van der Waals surface area contributed by atoms with Crippen LogP contribution in [-0.2, 0) is 9.53 Å². The van der Waals surface area contributed by atoms with Crippen molar-refractivity contribution >= 4 is 5.91 Å². The highest BCUT2D eigenvalue weighted by atomic mass is 16.5. The Kier molecular flexibility index (Phi) is 3.59. The quantitative estimate of drug-likeness (QED) is 0.725. The number of nitrogens with zero attached hydrogens (tertiary/aromatic N) is 1. The number of ether oxygens (including phenoxy) is 1. The standard InChI is InChI=1S/C11H20N2O2/c1-9(15-8-10-2-3-10)11(14)13-6-4-12-5-7-13/h9-10,12H,2-8H2,1H3. The lowest BCUT2D eigenvalue weighted by Crippen LogP contribution is -2.49. The number of hydrogen-bond acceptors (Lipinski definition) is 3. The molecule has 2 fully saturated rings. The molecule has 2 aliphatic rings. The summed E-state index contributed by atoms with van der Waals surface area (Å²) >= 11 is 0. The van der Waals surface area contributed by atoms with E-state index in [-0.39, 0.29) is 12.0 Å². The van der Waals surface area contributed by atoms with Crippen molar-refractivity contribution < 1.29 is 9.53 Å². The summed E-state index contributed by atoms with van der Waals surface area (Å²) in [5.74, 6) is 0.875. The van der Waals surface area contributed by atoms with Crippen LogP contribution in [0.5, 0.6) is 0 Å². The van der Waals surface area contributed by atoms with Crippen molar-refractivity contribution in [2.45, 2.75) is 25.9 Å². The molecular weight excluding hydrogens is 192 g/mol. The van der Waals surface area contributed by atoms with Crippen LogP contribution in [0.4, 0.5) is 0 Å². The third-order valence-corrected chi connectivity index (χ3v) is 3.06. The normalized spacial score (nSPS) is 23.9. The minimum Gasteiger partial charge on any atom is -0.368 e. The fourth-order valence-electron chi connectivity index (χ4n) is 1.78. The minimum absolute atomic E-state index is 0.150. The van der Waals surface area contributed by atoms with Crippen molar-refractivity contribution in [2.24, 2.45) is 5.92 Å². The Hall–Kier alpha value is -0.610. The first-order valence-corrected chi connectivity index (χ1v) is 5.88. The Morgan fingerprint density at radius 1 is 1.47 bits per heavy atom. The molecule has 0 aromatic heterocycles. The van der Waals surface area contributed by atoms with Gasteiger partial charge in [0.1, 0.15) is 6.10 Å². The molecule has 1 amide bonds. The number of carbonyl (C=O) groups excluding carboxylic acids is 1. The molecule has 1 saturated heterocycles. The van der Waals surface area contributed by atoms with Gasteiger partial charge in [-0.3, -0.25) is 4.79 Å². The maximum absolute atomic E-state index is 11.9. The van der Waals surface area contributed by atoms with E-state index in [9.17, 15) is 4.79 Å². The van der Waals surface area contributed by atoms with Gasteiger partial charge in [-0.15, -0.1) is 0 Å². The summed E-state index contributed by atoms with van der Waals surface area (Å²) in [4.78, 5) is 13.8. The van der Waals surface area contributed by atoms with Gasteiger partial charge in [0.05, 0.1) is 6.61 Å². The minimum atomic E-state index is -0.260. The monoisotopic (exact) mass is 212 g/mol. The number of carbonyl (C=O) groups is 1. The van der Waals surface area contributed by atoms with E-state index in [0.29, 0.717) is 0 Å². The average Bonchev–Trinajstić information content (AvgIpc) is 3.10. The molecule has 15 heavy (non-hydrogen) atoms. The summed E-state index contributed by atoms with van der Waals surface area (Å²) < 4.78 is 5.57. The van der Waals surface area contributed by atoms with Crippen LogP contribution < -0.4 is 5.32 Å². The molecule has 1 unspecified atom stereocenters. The largest absolute Gasteiger partial charge is 0.368 e. The Morgan fingerprint density at radius 2 is 2.13 bits per heavy atom. The van der Waals surface area contributed by atoms with E-state index >= 15 is 0 Å². The van der Waals surface area contributed by atoms with Gasteiger partial charge in [-0.25, -0.2) is 0 Å². The number of amides is 1. The van der Waals surface area contributed by atoms with Gasteiger partial charge in [-0.2, -0.15) is 0 Å². The lowest BCUT2D eigenvalue weighted by Gasteiger charge is -2.29. The van der Waals surface area contributed by atoms with Crippen molar-refractivity contribution in [1.82, 2.24) is 10.2 Å². The van der Waals surface area contributed by atoms with Gasteiger partial charge in [0.2, 0.25) is 0 Å². The first kappa shape index (κ1) is 10.9. The summed E-state index contributed by atoms with van der Waals surface area (Å²) in [6, 6.07) is 0. The summed E-state index contributed by atoms with van der Waals surface area (Å²) in [5, 5.41) is 3.23. The maximum Gasteiger partial charge on any atom is 0.251 e. The lowest BCUT2D eigenvalue weighted by atomic mass is 10.3. The Labute approximate surface area is 91.0 Å². The van der Waals surface area contributed by atoms with Crippen LogP contribution >= 0.6 is 0 Å². The van der Waals surface area contributed by atoms with Gasteiger partial charge in [0, 0.05) is 26.2 Å². The highest BCUT2D eigenvalue weighted by Gasteiger charge is 2.26. The molecule has 1 aliphatic heterocycles. The maximum atomic E-state index is 11.9. The van der Waals surface area contributed by atoms with Gasteiger partial charge >= 0.3 is 0 Å². The van der Waals surface area contributed by atoms with Gasteiger partial charge < -0.3 is 15.0 Å². The van der Waals surface area contributed by atoms with Crippen LogP contribution in [0.15, 0.2) is 0 Å². The summed E-state index contributed by atoms with van der Waals surface area (Å²) in [6.45, 7) is 6.07. The van der Waals surface area contributed by atoms with Crippen LogP contribution in [-0.4, -0.2) is 49.7 Å². The van der Waals surface area contributed by atoms with E-state index in [1.54, 1.807) is 0 Å². The molecule has 1 saturated carbocycles. The zero-order valence-corrected chi connectivity index (χ0v) is 9.37. The van der Waals surface area contributed by atoms with Crippen LogP contribution in [0.3, 0.4) is 0 Å². The summed E-state index contributed by atoms with van der Waals surface area (Å²) in [7, 11) is 0. The topological polar surface area (TPSA) is 41.6 Å². The first-order chi connectivity index (χ1) is 7.27. The molecule has 0 radical (unpaired) electrons. The molecule has 1 atom stereocenters. The molecule has 4 heteroatoms. The zero-order chi connectivity index (χ0) is 10.7. The highest BCUT2D eigenvalue weighted by molar-refractivity contribution is 5.80. The third-order valence-electron chi connectivity index (χ3n) is 3.06. The summed E-state index contributed by atoms with van der Waals surface area (Å²) in [5.41, 5.74) is 0. The van der Waals surface area contributed by atoms with Crippen LogP contribution in [0.2, 0.25) is 0 Å². The fourth-order valence-corrected chi connectivity index (χ4v) is 1.78. The molecule has 0 spiro atoms. The number of nitrogens with one attached hydrogen (secondary N) is 1. The van der Waals surface area contributed by atoms with Gasteiger partial charge in [0.25, 0.3) is 5.91 Å². The molecule has 0 bridgehead atoms. The van der Waals surface area contributed by atoms with Crippen molar-refractivity contribution in [3.63, 3.8) is 0 Å². The SMILES string of the molecule is CC(OCC1CC1)C(=O)N1CCNCC1. The number of rotatable bonds is 4. The van der Waals surface area contributed by atoms with E-state index in [1.807, 2.05) is 11.8 Å². The van der Waals surface area contributed by atoms with Gasteiger partial charge in [-0.1, -0.05) is 0 Å². The van der Waals surface area contributed by atoms with E-state index in [4.69, 9.17) is 4.74 Å². The molecule has 86 valence electrons. The summed E-state index contributed by atoms with van der Waals surface area (Å²) in [6.07, 6.45) is 2.28. The molecule has 1 aliphatic carbocycles. The third kappa shape index (κ3) is 3.18. The zero-order valence-electron chi connectivity index (χ0n) is 9.37. The van der Waals surface area contributed by atoms with Crippen molar-refractivity contribution in [3.8, 4) is 0 Å². The molecule has 0 aromatic rings. The second kappa shape index (κ2) is 4.94. The lowest BCUT2D eigenvalue weighted by molar-refractivity contribution is -0.143. The molecule has 2 rings (SSSR count). The molecule has 1 N–H and O–H groups in total. The number of hydrogen-bond donors (Lipinski definition) is 1. The van der Waals surface area contributed by atoms with Crippen molar-refractivity contribution in [2.75, 3.05) is 32.8 Å². The predicted octanol–water partition coefficient (Wildman–Crippen LogP) is 0.233. The van der Waals surface area contributed by atoms with E-state index in [2.05, 4.69) is 5.32 Å². The van der Waals surface area contributed by atoms with E-state index in [0.717, 1.165) is 38.7 Å². The molecule has 4 nitrogen and oxygen atoms in total. The van der Waals surface area contributed by atoms with Crippen LogP contribution in [0, 0.1) is 5.92 Å². The fraction of sp³-hybridized carbons (Fsp3) is 0.909. The van der Waals surface area contributed by atoms with Crippen LogP contribution in [0.1, 0.15) is 19.8 Å². The Bertz CT molecular complexity index is 223. The smallest absolute Gasteiger partial charge is 0.251 e. The average molecular weight is 212 g/mol. The second-order valence-corrected chi connectivity index (χ2v) is 4.49. The van der Waals surface area contributed by atoms with E-state index < -0.39 is 0 Å². The second-order valence-electron chi connectivity index (χ2n) is 4.49. The first-order valence-electron chi connectivity index (χ1n) is 5.88. The molecular formula is C11H20N2O2. The molecule has 1 heterocycles.